The SMILES string of the molecule is COc1ccccc1C1=Nn2c(nnc2-c2ccccc2)S[C@@H]1C. The highest BCUT2D eigenvalue weighted by Crippen LogP contribution is 2.34. The molecule has 0 saturated carbocycles. The second-order valence-corrected chi connectivity index (χ2v) is 6.74. The van der Waals surface area contributed by atoms with Crippen LogP contribution in [0.25, 0.3) is 11.4 Å². The molecule has 0 unspecified atom stereocenters. The monoisotopic (exact) mass is 336 g/mol. The van der Waals surface area contributed by atoms with Crippen LogP contribution >= 0.6 is 11.8 Å². The molecule has 0 fully saturated rings. The molecule has 0 spiro atoms. The van der Waals surface area contributed by atoms with Crippen LogP contribution in [0.15, 0.2) is 64.9 Å². The molecule has 2 aromatic carbocycles. The molecule has 6 heteroatoms. The Bertz CT molecular complexity index is 904. The summed E-state index contributed by atoms with van der Waals surface area (Å²) in [5, 5.41) is 14.4. The number of para-hydroxylation sites is 1. The largest absolute Gasteiger partial charge is 0.496 e. The molecule has 1 aromatic heterocycles. The molecule has 0 bridgehead atoms. The van der Waals surface area contributed by atoms with Crippen LogP contribution in [0, 0.1) is 0 Å². The number of fused-ring (bicyclic) bond motifs is 1. The summed E-state index contributed by atoms with van der Waals surface area (Å²) in [5.74, 6) is 1.57. The van der Waals surface area contributed by atoms with E-state index < -0.39 is 0 Å². The van der Waals surface area contributed by atoms with Gasteiger partial charge < -0.3 is 4.74 Å². The molecule has 0 amide bonds. The summed E-state index contributed by atoms with van der Waals surface area (Å²) in [6.07, 6.45) is 0. The van der Waals surface area contributed by atoms with Crippen LogP contribution in [0.2, 0.25) is 0 Å². The van der Waals surface area contributed by atoms with E-state index in [-0.39, 0.29) is 5.25 Å². The number of hydrogen-bond donors (Lipinski definition) is 0. The van der Waals surface area contributed by atoms with Gasteiger partial charge in [-0.05, 0) is 19.1 Å². The molecule has 1 atom stereocenters. The third-order valence-electron chi connectivity index (χ3n) is 3.90. The first-order valence-corrected chi connectivity index (χ1v) is 8.55. The Labute approximate surface area is 144 Å². The third-order valence-corrected chi connectivity index (χ3v) is 4.94. The zero-order valence-corrected chi connectivity index (χ0v) is 14.2. The summed E-state index contributed by atoms with van der Waals surface area (Å²) in [6.45, 7) is 2.12. The number of methoxy groups -OCH3 is 1. The summed E-state index contributed by atoms with van der Waals surface area (Å²) < 4.78 is 7.32. The lowest BCUT2D eigenvalue weighted by Crippen LogP contribution is -2.22. The molecule has 24 heavy (non-hydrogen) atoms. The van der Waals surface area contributed by atoms with E-state index in [1.54, 1.807) is 18.9 Å². The van der Waals surface area contributed by atoms with E-state index >= 15 is 0 Å². The van der Waals surface area contributed by atoms with Crippen molar-refractivity contribution in [1.82, 2.24) is 14.9 Å². The summed E-state index contributed by atoms with van der Waals surface area (Å²) >= 11 is 1.65. The van der Waals surface area contributed by atoms with Gasteiger partial charge in [-0.3, -0.25) is 0 Å². The average Bonchev–Trinajstić information content (AvgIpc) is 3.04. The van der Waals surface area contributed by atoms with E-state index in [1.165, 1.54) is 0 Å². The van der Waals surface area contributed by atoms with Gasteiger partial charge in [0.15, 0.2) is 5.82 Å². The van der Waals surface area contributed by atoms with Gasteiger partial charge in [0.25, 0.3) is 0 Å². The molecule has 5 nitrogen and oxygen atoms in total. The quantitative estimate of drug-likeness (QED) is 0.732. The van der Waals surface area contributed by atoms with Crippen LogP contribution in [-0.2, 0) is 0 Å². The van der Waals surface area contributed by atoms with Gasteiger partial charge >= 0.3 is 0 Å². The molecule has 0 radical (unpaired) electrons. The Morgan fingerprint density at radius 1 is 1.00 bits per heavy atom. The average molecular weight is 336 g/mol. The zero-order valence-electron chi connectivity index (χ0n) is 13.4. The summed E-state index contributed by atoms with van der Waals surface area (Å²) in [6, 6.07) is 17.9. The molecule has 0 saturated heterocycles. The summed E-state index contributed by atoms with van der Waals surface area (Å²) in [4.78, 5) is 0. The number of nitrogens with zero attached hydrogens (tertiary/aromatic N) is 4. The van der Waals surface area contributed by atoms with Crippen molar-refractivity contribution in [3.8, 4) is 17.1 Å². The molecule has 120 valence electrons. The van der Waals surface area contributed by atoms with Gasteiger partial charge in [0, 0.05) is 11.1 Å². The van der Waals surface area contributed by atoms with Crippen LogP contribution < -0.4 is 4.74 Å². The number of benzene rings is 2. The highest BCUT2D eigenvalue weighted by atomic mass is 32.2. The molecule has 2 heterocycles. The highest BCUT2D eigenvalue weighted by Gasteiger charge is 2.27. The summed E-state index contributed by atoms with van der Waals surface area (Å²) in [5.41, 5.74) is 2.95. The maximum Gasteiger partial charge on any atom is 0.213 e. The number of hydrogen-bond acceptors (Lipinski definition) is 5. The number of thioether (sulfide) groups is 1. The highest BCUT2D eigenvalue weighted by molar-refractivity contribution is 8.00. The minimum atomic E-state index is 0.168. The first-order valence-electron chi connectivity index (χ1n) is 7.67. The Hall–Kier alpha value is -2.60. The molecular formula is C18H16N4OS. The van der Waals surface area contributed by atoms with E-state index in [4.69, 9.17) is 9.84 Å². The van der Waals surface area contributed by atoms with Crippen molar-refractivity contribution in [2.75, 3.05) is 7.11 Å². The fraction of sp³-hybridized carbons (Fsp3) is 0.167. The smallest absolute Gasteiger partial charge is 0.213 e. The van der Waals surface area contributed by atoms with Crippen molar-refractivity contribution in [3.63, 3.8) is 0 Å². The Morgan fingerprint density at radius 3 is 2.54 bits per heavy atom. The van der Waals surface area contributed by atoms with Crippen molar-refractivity contribution in [2.24, 2.45) is 5.10 Å². The maximum absolute atomic E-state index is 5.50. The lowest BCUT2D eigenvalue weighted by Gasteiger charge is -2.21. The van der Waals surface area contributed by atoms with Crippen LogP contribution in [0.5, 0.6) is 5.75 Å². The van der Waals surface area contributed by atoms with Gasteiger partial charge in [0.2, 0.25) is 5.16 Å². The number of aromatic nitrogens is 3. The minimum absolute atomic E-state index is 0.168. The van der Waals surface area contributed by atoms with Crippen LogP contribution in [-0.4, -0.2) is 32.9 Å². The first kappa shape index (κ1) is 15.0. The lowest BCUT2D eigenvalue weighted by molar-refractivity contribution is 0.414. The molecular weight excluding hydrogens is 320 g/mol. The Kier molecular flexibility index (Phi) is 3.82. The zero-order chi connectivity index (χ0) is 16.5. The molecule has 1 aliphatic heterocycles. The van der Waals surface area contributed by atoms with E-state index in [2.05, 4.69) is 17.1 Å². The van der Waals surface area contributed by atoms with Gasteiger partial charge in [0.05, 0.1) is 18.1 Å². The molecule has 3 aromatic rings. The normalized spacial score (nSPS) is 16.4. The molecule has 4 rings (SSSR count). The fourth-order valence-corrected chi connectivity index (χ4v) is 3.65. The lowest BCUT2D eigenvalue weighted by atomic mass is 10.1. The number of rotatable bonds is 3. The van der Waals surface area contributed by atoms with Crippen molar-refractivity contribution in [1.29, 1.82) is 0 Å². The fourth-order valence-electron chi connectivity index (χ4n) is 2.73. The van der Waals surface area contributed by atoms with Gasteiger partial charge in [0.1, 0.15) is 5.75 Å². The molecule has 0 aliphatic carbocycles. The van der Waals surface area contributed by atoms with E-state index in [9.17, 15) is 0 Å². The van der Waals surface area contributed by atoms with Crippen molar-refractivity contribution < 1.29 is 4.74 Å². The van der Waals surface area contributed by atoms with E-state index in [1.807, 2.05) is 59.3 Å². The van der Waals surface area contributed by atoms with Gasteiger partial charge in [-0.15, -0.1) is 10.2 Å². The minimum Gasteiger partial charge on any atom is -0.496 e. The second-order valence-electron chi connectivity index (χ2n) is 5.43. The van der Waals surface area contributed by atoms with Gasteiger partial charge in [-0.1, -0.05) is 54.2 Å². The van der Waals surface area contributed by atoms with Crippen LogP contribution in [0.4, 0.5) is 0 Å². The van der Waals surface area contributed by atoms with Crippen molar-refractivity contribution in [3.05, 3.63) is 60.2 Å². The van der Waals surface area contributed by atoms with Gasteiger partial charge in [-0.25, -0.2) is 0 Å². The second kappa shape index (κ2) is 6.13. The topological polar surface area (TPSA) is 52.3 Å². The van der Waals surface area contributed by atoms with E-state index in [0.29, 0.717) is 0 Å². The predicted octanol–water partition coefficient (Wildman–Crippen LogP) is 3.70. The molecule has 0 N–H and O–H groups in total. The Morgan fingerprint density at radius 2 is 1.75 bits per heavy atom. The van der Waals surface area contributed by atoms with Crippen LogP contribution in [0.3, 0.4) is 0 Å². The van der Waals surface area contributed by atoms with Gasteiger partial charge in [-0.2, -0.15) is 9.78 Å². The summed E-state index contributed by atoms with van der Waals surface area (Å²) in [7, 11) is 1.68. The molecule has 1 aliphatic rings. The van der Waals surface area contributed by atoms with E-state index in [0.717, 1.165) is 33.6 Å². The van der Waals surface area contributed by atoms with Crippen molar-refractivity contribution in [2.45, 2.75) is 17.3 Å². The first-order chi connectivity index (χ1) is 11.8. The Balaban J connectivity index is 1.86. The third kappa shape index (κ3) is 2.49. The number of ether oxygens (including phenoxy) is 1. The van der Waals surface area contributed by atoms with Crippen molar-refractivity contribution >= 4 is 17.5 Å². The van der Waals surface area contributed by atoms with Crippen LogP contribution in [0.1, 0.15) is 12.5 Å². The maximum atomic E-state index is 5.50. The standard InChI is InChI=1S/C18H16N4OS/c1-12-16(14-10-6-7-11-15(14)23-2)21-22-17(19-20-18(22)24-12)13-8-4-3-5-9-13/h3-12H,1-2H3/t12-/m1/s1. The predicted molar refractivity (Wildman–Crippen MR) is 95.7 cm³/mol.